The van der Waals surface area contributed by atoms with Gasteiger partial charge in [0.1, 0.15) is 5.75 Å². The molecule has 0 bridgehead atoms. The first-order valence-electron chi connectivity index (χ1n) is 7.55. The number of nitrogens with zero attached hydrogens (tertiary/aromatic N) is 1. The van der Waals surface area contributed by atoms with E-state index in [0.29, 0.717) is 0 Å². The standard InChI is InChI=1S/C17H22N2O2/c1-5-12-8-15-14(9-16(12)21-4)13-6-7-19(11(3)20)10(2)17(13)18-15/h8-10,18H,5-7H2,1-4H3. The number of methoxy groups -OCH3 is 1. The number of rotatable bonds is 2. The highest BCUT2D eigenvalue weighted by Gasteiger charge is 2.28. The molecule has 1 amide bonds. The Hall–Kier alpha value is -1.97. The Kier molecular flexibility index (Phi) is 3.40. The predicted octanol–water partition coefficient (Wildman–Crippen LogP) is 3.20. The Bertz CT molecular complexity index is 702. The molecule has 112 valence electrons. The molecule has 0 aliphatic carbocycles. The highest BCUT2D eigenvalue weighted by atomic mass is 16.5. The van der Waals surface area contributed by atoms with Crippen LogP contribution in [0.4, 0.5) is 0 Å². The molecule has 4 nitrogen and oxygen atoms in total. The molecule has 1 atom stereocenters. The summed E-state index contributed by atoms with van der Waals surface area (Å²) in [5, 5.41) is 1.23. The first kappa shape index (κ1) is 14.0. The Morgan fingerprint density at radius 2 is 2.24 bits per heavy atom. The number of fused-ring (bicyclic) bond motifs is 3. The number of aryl methyl sites for hydroxylation is 1. The Labute approximate surface area is 125 Å². The van der Waals surface area contributed by atoms with Gasteiger partial charge in [-0.05, 0) is 43.0 Å². The molecule has 0 spiro atoms. The quantitative estimate of drug-likeness (QED) is 0.921. The van der Waals surface area contributed by atoms with Crippen LogP contribution in [0.2, 0.25) is 0 Å². The Morgan fingerprint density at radius 1 is 1.48 bits per heavy atom. The summed E-state index contributed by atoms with van der Waals surface area (Å²) in [6.07, 6.45) is 1.84. The van der Waals surface area contributed by atoms with Gasteiger partial charge >= 0.3 is 0 Å². The second-order valence-corrected chi connectivity index (χ2v) is 5.72. The number of H-pyrrole nitrogens is 1. The van der Waals surface area contributed by atoms with Crippen molar-refractivity contribution in [2.75, 3.05) is 13.7 Å². The van der Waals surface area contributed by atoms with Gasteiger partial charge in [-0.3, -0.25) is 4.79 Å². The van der Waals surface area contributed by atoms with E-state index in [-0.39, 0.29) is 11.9 Å². The maximum absolute atomic E-state index is 11.7. The number of aromatic nitrogens is 1. The van der Waals surface area contributed by atoms with Gasteiger partial charge in [0.25, 0.3) is 0 Å². The van der Waals surface area contributed by atoms with Crippen LogP contribution in [0.1, 0.15) is 43.6 Å². The molecule has 1 N–H and O–H groups in total. The maximum atomic E-state index is 11.7. The monoisotopic (exact) mass is 286 g/mol. The van der Waals surface area contributed by atoms with Crippen molar-refractivity contribution in [3.63, 3.8) is 0 Å². The third-order valence-corrected chi connectivity index (χ3v) is 4.61. The van der Waals surface area contributed by atoms with Crippen LogP contribution in [0, 0.1) is 0 Å². The van der Waals surface area contributed by atoms with Gasteiger partial charge in [0.05, 0.1) is 13.2 Å². The molecule has 0 saturated carbocycles. The summed E-state index contributed by atoms with van der Waals surface area (Å²) in [4.78, 5) is 17.2. The average Bonchev–Trinajstić information content (AvgIpc) is 2.84. The van der Waals surface area contributed by atoms with E-state index in [2.05, 4.69) is 31.0 Å². The summed E-state index contributed by atoms with van der Waals surface area (Å²) in [6, 6.07) is 4.42. The SMILES string of the molecule is CCc1cc2[nH]c3c(c2cc1OC)CCN(C(C)=O)C3C. The van der Waals surface area contributed by atoms with Crippen LogP contribution in [-0.4, -0.2) is 29.4 Å². The van der Waals surface area contributed by atoms with Crippen molar-refractivity contribution in [1.82, 2.24) is 9.88 Å². The molecule has 1 unspecified atom stereocenters. The van der Waals surface area contributed by atoms with E-state index in [1.807, 2.05) is 4.90 Å². The predicted molar refractivity (Wildman–Crippen MR) is 83.7 cm³/mol. The second-order valence-electron chi connectivity index (χ2n) is 5.72. The number of carbonyl (C=O) groups is 1. The molecular formula is C17H22N2O2. The lowest BCUT2D eigenvalue weighted by Gasteiger charge is -2.32. The van der Waals surface area contributed by atoms with Gasteiger partial charge in [-0.15, -0.1) is 0 Å². The van der Waals surface area contributed by atoms with Gasteiger partial charge in [-0.2, -0.15) is 0 Å². The molecule has 2 heterocycles. The van der Waals surface area contributed by atoms with E-state index in [4.69, 9.17) is 4.74 Å². The van der Waals surface area contributed by atoms with Crippen LogP contribution in [0.3, 0.4) is 0 Å². The molecule has 1 aliphatic rings. The normalized spacial score (nSPS) is 17.9. The fourth-order valence-corrected chi connectivity index (χ4v) is 3.45. The third-order valence-electron chi connectivity index (χ3n) is 4.61. The fraction of sp³-hybridized carbons (Fsp3) is 0.471. The molecule has 3 rings (SSSR count). The number of hydrogen-bond acceptors (Lipinski definition) is 2. The summed E-state index contributed by atoms with van der Waals surface area (Å²) < 4.78 is 5.51. The summed E-state index contributed by atoms with van der Waals surface area (Å²) in [5.74, 6) is 1.09. The van der Waals surface area contributed by atoms with Gasteiger partial charge in [-0.25, -0.2) is 0 Å². The lowest BCUT2D eigenvalue weighted by molar-refractivity contribution is -0.131. The Balaban J connectivity index is 2.16. The smallest absolute Gasteiger partial charge is 0.220 e. The summed E-state index contributed by atoms with van der Waals surface area (Å²) in [7, 11) is 1.72. The summed E-state index contributed by atoms with van der Waals surface area (Å²) in [5.41, 5.74) is 4.85. The molecule has 4 heteroatoms. The van der Waals surface area contributed by atoms with Crippen LogP contribution in [0.15, 0.2) is 12.1 Å². The lowest BCUT2D eigenvalue weighted by Crippen LogP contribution is -2.37. The van der Waals surface area contributed by atoms with E-state index >= 15 is 0 Å². The maximum Gasteiger partial charge on any atom is 0.220 e. The first-order chi connectivity index (χ1) is 10.1. The van der Waals surface area contributed by atoms with Crippen molar-refractivity contribution < 1.29 is 9.53 Å². The van der Waals surface area contributed by atoms with Crippen molar-refractivity contribution >= 4 is 16.8 Å². The van der Waals surface area contributed by atoms with E-state index in [1.165, 1.54) is 22.2 Å². The van der Waals surface area contributed by atoms with Crippen LogP contribution in [-0.2, 0) is 17.6 Å². The highest BCUT2D eigenvalue weighted by Crippen LogP contribution is 2.37. The van der Waals surface area contributed by atoms with Crippen LogP contribution < -0.4 is 4.74 Å². The van der Waals surface area contributed by atoms with E-state index in [0.717, 1.165) is 30.7 Å². The lowest BCUT2D eigenvalue weighted by atomic mass is 9.97. The molecule has 1 aromatic heterocycles. The van der Waals surface area contributed by atoms with Crippen molar-refractivity contribution in [1.29, 1.82) is 0 Å². The summed E-state index contributed by atoms with van der Waals surface area (Å²) in [6.45, 7) is 6.65. The van der Waals surface area contributed by atoms with Crippen molar-refractivity contribution in [2.45, 2.75) is 39.7 Å². The number of aromatic amines is 1. The van der Waals surface area contributed by atoms with Gasteiger partial charge in [-0.1, -0.05) is 6.92 Å². The van der Waals surface area contributed by atoms with E-state index in [9.17, 15) is 4.79 Å². The van der Waals surface area contributed by atoms with E-state index < -0.39 is 0 Å². The number of nitrogens with one attached hydrogen (secondary N) is 1. The third kappa shape index (κ3) is 2.09. The molecule has 21 heavy (non-hydrogen) atoms. The van der Waals surface area contributed by atoms with Crippen LogP contribution in [0.5, 0.6) is 5.75 Å². The topological polar surface area (TPSA) is 45.3 Å². The minimum atomic E-state index is 0.106. The first-order valence-corrected chi connectivity index (χ1v) is 7.55. The molecular weight excluding hydrogens is 264 g/mol. The minimum absolute atomic E-state index is 0.106. The largest absolute Gasteiger partial charge is 0.496 e. The van der Waals surface area contributed by atoms with Crippen molar-refractivity contribution in [3.8, 4) is 5.75 Å². The van der Waals surface area contributed by atoms with Gasteiger partial charge in [0.2, 0.25) is 5.91 Å². The number of benzene rings is 1. The minimum Gasteiger partial charge on any atom is -0.496 e. The molecule has 0 fully saturated rings. The van der Waals surface area contributed by atoms with Crippen molar-refractivity contribution in [2.24, 2.45) is 0 Å². The fourth-order valence-electron chi connectivity index (χ4n) is 3.45. The molecule has 1 aliphatic heterocycles. The number of ether oxygens (including phenoxy) is 1. The molecule has 1 aromatic carbocycles. The van der Waals surface area contributed by atoms with Gasteiger partial charge in [0, 0.05) is 30.1 Å². The molecule has 2 aromatic rings. The zero-order chi connectivity index (χ0) is 15.1. The molecule has 0 radical (unpaired) electrons. The molecule has 0 saturated heterocycles. The Morgan fingerprint density at radius 3 is 2.86 bits per heavy atom. The van der Waals surface area contributed by atoms with Crippen LogP contribution >= 0.6 is 0 Å². The highest BCUT2D eigenvalue weighted by molar-refractivity contribution is 5.88. The number of hydrogen-bond donors (Lipinski definition) is 1. The second kappa shape index (κ2) is 5.10. The number of carbonyl (C=O) groups excluding carboxylic acids is 1. The zero-order valence-electron chi connectivity index (χ0n) is 13.1. The van der Waals surface area contributed by atoms with Gasteiger partial charge < -0.3 is 14.6 Å². The van der Waals surface area contributed by atoms with Crippen LogP contribution in [0.25, 0.3) is 10.9 Å². The summed E-state index contributed by atoms with van der Waals surface area (Å²) >= 11 is 0. The average molecular weight is 286 g/mol. The van der Waals surface area contributed by atoms with Crippen molar-refractivity contribution in [3.05, 3.63) is 29.0 Å². The van der Waals surface area contributed by atoms with E-state index in [1.54, 1.807) is 14.0 Å². The zero-order valence-corrected chi connectivity index (χ0v) is 13.1. The number of amides is 1. The van der Waals surface area contributed by atoms with Gasteiger partial charge in [0.15, 0.2) is 0 Å².